The predicted octanol–water partition coefficient (Wildman–Crippen LogP) is 2.35. The number of hydrogen-bond donors (Lipinski definition) is 1. The number of rotatable bonds is 4. The van der Waals surface area contributed by atoms with Crippen LogP contribution in [0.1, 0.15) is 17.8 Å². The minimum atomic E-state index is 0.0808. The van der Waals surface area contributed by atoms with Crippen LogP contribution < -0.4 is 5.32 Å². The number of aryl methyl sites for hydroxylation is 1. The molecule has 24 heavy (non-hydrogen) atoms. The molecule has 0 bridgehead atoms. The van der Waals surface area contributed by atoms with E-state index in [4.69, 9.17) is 0 Å². The molecule has 4 rings (SSSR count). The van der Waals surface area contributed by atoms with Gasteiger partial charge in [0.1, 0.15) is 5.82 Å². The van der Waals surface area contributed by atoms with E-state index in [1.807, 2.05) is 61.2 Å². The fraction of sp³-hybridized carbons (Fsp3) is 0.263. The molecule has 2 aromatic heterocycles. The Morgan fingerprint density at radius 2 is 1.96 bits per heavy atom. The van der Waals surface area contributed by atoms with E-state index in [2.05, 4.69) is 19.4 Å². The molecule has 0 spiro atoms. The van der Waals surface area contributed by atoms with Gasteiger partial charge in [-0.15, -0.1) is 0 Å². The van der Waals surface area contributed by atoms with Gasteiger partial charge in [0, 0.05) is 49.5 Å². The first-order chi connectivity index (χ1) is 11.8. The second kappa shape index (κ2) is 6.35. The highest BCUT2D eigenvalue weighted by Crippen LogP contribution is 2.14. The first-order valence-corrected chi connectivity index (χ1v) is 8.29. The lowest BCUT2D eigenvalue weighted by Gasteiger charge is -2.24. The fourth-order valence-electron chi connectivity index (χ4n) is 3.24. The summed E-state index contributed by atoms with van der Waals surface area (Å²) in [6, 6.07) is 12.3. The van der Waals surface area contributed by atoms with Gasteiger partial charge >= 0.3 is 0 Å². The van der Waals surface area contributed by atoms with Gasteiger partial charge in [-0.05, 0) is 36.2 Å². The second-order valence-corrected chi connectivity index (χ2v) is 6.23. The third-order valence-corrected chi connectivity index (χ3v) is 4.50. The van der Waals surface area contributed by atoms with Gasteiger partial charge < -0.3 is 14.5 Å². The average molecular weight is 320 g/mol. The summed E-state index contributed by atoms with van der Waals surface area (Å²) < 4.78 is 4.18. The Bertz CT molecular complexity index is 817. The Morgan fingerprint density at radius 1 is 1.17 bits per heavy atom. The highest BCUT2D eigenvalue weighted by Gasteiger charge is 2.20. The molecule has 1 amide bonds. The lowest BCUT2D eigenvalue weighted by atomic mass is 10.1. The summed E-state index contributed by atoms with van der Waals surface area (Å²) in [4.78, 5) is 16.6. The summed E-state index contributed by atoms with van der Waals surface area (Å²) in [5.41, 5.74) is 2.13. The number of carbonyl (C=O) groups excluding carboxylic acids is 1. The van der Waals surface area contributed by atoms with Gasteiger partial charge in [-0.1, -0.05) is 12.1 Å². The lowest BCUT2D eigenvalue weighted by molar-refractivity contribution is -0.121. The zero-order valence-electron chi connectivity index (χ0n) is 13.4. The summed E-state index contributed by atoms with van der Waals surface area (Å²) >= 11 is 0. The molecule has 1 aliphatic rings. The van der Waals surface area contributed by atoms with Crippen LogP contribution in [-0.4, -0.2) is 26.1 Å². The molecule has 1 atom stereocenters. The number of nitrogens with one attached hydrogen (secondary N) is 1. The first-order valence-electron chi connectivity index (χ1n) is 8.29. The van der Waals surface area contributed by atoms with Crippen molar-refractivity contribution in [1.82, 2.24) is 19.4 Å². The van der Waals surface area contributed by atoms with Crippen molar-refractivity contribution in [2.45, 2.75) is 31.8 Å². The number of amides is 1. The van der Waals surface area contributed by atoms with E-state index in [0.29, 0.717) is 6.42 Å². The van der Waals surface area contributed by atoms with Crippen LogP contribution in [-0.2, 0) is 24.2 Å². The molecule has 0 saturated carbocycles. The maximum Gasteiger partial charge on any atom is 0.224 e. The Labute approximate surface area is 140 Å². The van der Waals surface area contributed by atoms with Crippen molar-refractivity contribution in [3.63, 3.8) is 0 Å². The molecule has 1 aliphatic heterocycles. The molecule has 0 radical (unpaired) electrons. The number of nitrogens with zero attached hydrogens (tertiary/aromatic N) is 3. The van der Waals surface area contributed by atoms with E-state index in [0.717, 1.165) is 36.5 Å². The van der Waals surface area contributed by atoms with E-state index in [1.54, 1.807) is 0 Å². The third kappa shape index (κ3) is 3.11. The molecule has 1 aromatic carbocycles. The monoisotopic (exact) mass is 320 g/mol. The predicted molar refractivity (Wildman–Crippen MR) is 92.0 cm³/mol. The van der Waals surface area contributed by atoms with Gasteiger partial charge in [-0.25, -0.2) is 4.98 Å². The molecule has 3 aromatic rings. The molecule has 1 unspecified atom stereocenters. The molecule has 5 nitrogen and oxygen atoms in total. The number of hydrogen-bond acceptors (Lipinski definition) is 2. The molecule has 0 saturated heterocycles. The van der Waals surface area contributed by atoms with Gasteiger partial charge in [0.15, 0.2) is 0 Å². The maximum atomic E-state index is 12.3. The van der Waals surface area contributed by atoms with Gasteiger partial charge in [0.2, 0.25) is 5.91 Å². The molecular formula is C19H20N4O. The van der Waals surface area contributed by atoms with Crippen LogP contribution in [0, 0.1) is 0 Å². The third-order valence-electron chi connectivity index (χ3n) is 4.50. The summed E-state index contributed by atoms with van der Waals surface area (Å²) in [5.74, 6) is 1.19. The highest BCUT2D eigenvalue weighted by atomic mass is 16.1. The van der Waals surface area contributed by atoms with E-state index in [9.17, 15) is 4.79 Å². The summed E-state index contributed by atoms with van der Waals surface area (Å²) in [7, 11) is 0. The van der Waals surface area contributed by atoms with Crippen LogP contribution >= 0.6 is 0 Å². The van der Waals surface area contributed by atoms with Crippen LogP contribution in [0.2, 0.25) is 0 Å². The van der Waals surface area contributed by atoms with E-state index < -0.39 is 0 Å². The van der Waals surface area contributed by atoms with Crippen LogP contribution in [0.5, 0.6) is 0 Å². The Hall–Kier alpha value is -2.82. The number of benzene rings is 1. The number of aromatic nitrogens is 3. The van der Waals surface area contributed by atoms with Crippen molar-refractivity contribution >= 4 is 5.91 Å². The second-order valence-electron chi connectivity index (χ2n) is 6.23. The zero-order chi connectivity index (χ0) is 16.4. The van der Waals surface area contributed by atoms with Crippen molar-refractivity contribution < 1.29 is 4.79 Å². The fourth-order valence-corrected chi connectivity index (χ4v) is 3.24. The summed E-state index contributed by atoms with van der Waals surface area (Å²) in [6.07, 6.45) is 10.1. The molecule has 1 N–H and O–H groups in total. The molecule has 3 heterocycles. The summed E-state index contributed by atoms with van der Waals surface area (Å²) in [6.45, 7) is 0.813. The number of fused-ring (bicyclic) bond motifs is 1. The van der Waals surface area contributed by atoms with Gasteiger partial charge in [0.25, 0.3) is 0 Å². The molecule has 5 heteroatoms. The van der Waals surface area contributed by atoms with Crippen LogP contribution in [0.25, 0.3) is 5.69 Å². The first kappa shape index (κ1) is 14.8. The Kier molecular flexibility index (Phi) is 3.91. The Morgan fingerprint density at radius 3 is 2.75 bits per heavy atom. The highest BCUT2D eigenvalue weighted by molar-refractivity contribution is 5.78. The standard InChI is InChI=1S/C19H20N4O/c24-19(21-16-5-8-18-20-9-12-23(18)14-16)13-15-3-6-17(7-4-15)22-10-1-2-11-22/h1-4,6-7,9-12,16H,5,8,13-14H2,(H,21,24). The zero-order valence-corrected chi connectivity index (χ0v) is 13.4. The lowest BCUT2D eigenvalue weighted by Crippen LogP contribution is -2.41. The average Bonchev–Trinajstić information content (AvgIpc) is 3.26. The van der Waals surface area contributed by atoms with E-state index in [1.165, 1.54) is 0 Å². The van der Waals surface area contributed by atoms with Crippen LogP contribution in [0.15, 0.2) is 61.2 Å². The van der Waals surface area contributed by atoms with Crippen molar-refractivity contribution in [3.05, 3.63) is 72.6 Å². The van der Waals surface area contributed by atoms with Gasteiger partial charge in [0.05, 0.1) is 6.42 Å². The minimum absolute atomic E-state index is 0.0808. The summed E-state index contributed by atoms with van der Waals surface area (Å²) in [5, 5.41) is 3.15. The largest absolute Gasteiger partial charge is 0.351 e. The van der Waals surface area contributed by atoms with E-state index >= 15 is 0 Å². The van der Waals surface area contributed by atoms with Crippen LogP contribution in [0.3, 0.4) is 0 Å². The smallest absolute Gasteiger partial charge is 0.224 e. The normalized spacial score (nSPS) is 16.6. The molecule has 0 aliphatic carbocycles. The maximum absolute atomic E-state index is 12.3. The minimum Gasteiger partial charge on any atom is -0.351 e. The van der Waals surface area contributed by atoms with E-state index in [-0.39, 0.29) is 11.9 Å². The molecular weight excluding hydrogens is 300 g/mol. The molecule has 122 valence electrons. The topological polar surface area (TPSA) is 51.9 Å². The SMILES string of the molecule is O=C(Cc1ccc(-n2cccc2)cc1)NC1CCc2nccn2C1. The number of carbonyl (C=O) groups is 1. The number of imidazole rings is 1. The molecule has 0 fully saturated rings. The van der Waals surface area contributed by atoms with Crippen molar-refractivity contribution in [1.29, 1.82) is 0 Å². The van der Waals surface area contributed by atoms with Crippen molar-refractivity contribution in [3.8, 4) is 5.69 Å². The van der Waals surface area contributed by atoms with Gasteiger partial charge in [-0.2, -0.15) is 0 Å². The quantitative estimate of drug-likeness (QED) is 0.802. The Balaban J connectivity index is 1.35. The van der Waals surface area contributed by atoms with Crippen LogP contribution in [0.4, 0.5) is 0 Å². The van der Waals surface area contributed by atoms with Gasteiger partial charge in [-0.3, -0.25) is 4.79 Å². The van der Waals surface area contributed by atoms with Crippen molar-refractivity contribution in [2.24, 2.45) is 0 Å². The van der Waals surface area contributed by atoms with Crippen molar-refractivity contribution in [2.75, 3.05) is 0 Å².